The standard InChI is InChI=1S/C21H20N2O6/c1-3-27-21(26)17-6-4-5-7-18(17)23-19(24)13-28-20(25)14(2)29-16-10-8-15(12-22)9-11-16/h4-11,14H,3,13H2,1-2H3,(H,23,24)/t14-/m1/s1. The van der Waals surface area contributed by atoms with E-state index in [-0.39, 0.29) is 17.9 Å². The average molecular weight is 396 g/mol. The van der Waals surface area contributed by atoms with Crippen LogP contribution in [0.25, 0.3) is 0 Å². The third kappa shape index (κ3) is 6.36. The lowest BCUT2D eigenvalue weighted by atomic mass is 10.2. The molecule has 1 amide bonds. The summed E-state index contributed by atoms with van der Waals surface area (Å²) >= 11 is 0. The molecule has 0 aliphatic heterocycles. The van der Waals surface area contributed by atoms with Gasteiger partial charge in [-0.2, -0.15) is 5.26 Å². The van der Waals surface area contributed by atoms with Crippen molar-refractivity contribution in [1.82, 2.24) is 0 Å². The maximum Gasteiger partial charge on any atom is 0.347 e. The number of benzene rings is 2. The molecule has 1 N–H and O–H groups in total. The molecule has 0 bridgehead atoms. The molecule has 0 fully saturated rings. The molecule has 0 heterocycles. The first kappa shape index (κ1) is 21.4. The van der Waals surface area contributed by atoms with Crippen molar-refractivity contribution in [1.29, 1.82) is 5.26 Å². The van der Waals surface area contributed by atoms with Crippen molar-refractivity contribution in [2.45, 2.75) is 20.0 Å². The number of amides is 1. The molecule has 2 aromatic rings. The molecule has 8 heteroatoms. The Balaban J connectivity index is 1.87. The number of hydrogen-bond acceptors (Lipinski definition) is 7. The van der Waals surface area contributed by atoms with Crippen molar-refractivity contribution in [3.63, 3.8) is 0 Å². The van der Waals surface area contributed by atoms with Crippen LogP contribution in [0.15, 0.2) is 48.5 Å². The molecule has 0 aliphatic rings. The molecule has 0 saturated heterocycles. The van der Waals surface area contributed by atoms with E-state index >= 15 is 0 Å². The second-order valence-corrected chi connectivity index (χ2v) is 5.82. The van der Waals surface area contributed by atoms with Gasteiger partial charge in [0, 0.05) is 0 Å². The van der Waals surface area contributed by atoms with Gasteiger partial charge < -0.3 is 19.5 Å². The number of nitriles is 1. The van der Waals surface area contributed by atoms with E-state index in [1.165, 1.54) is 13.0 Å². The molecule has 0 unspecified atom stereocenters. The third-order valence-electron chi connectivity index (χ3n) is 3.67. The molecule has 0 radical (unpaired) electrons. The monoisotopic (exact) mass is 396 g/mol. The molecule has 1 atom stereocenters. The van der Waals surface area contributed by atoms with Gasteiger partial charge in [0.15, 0.2) is 12.7 Å². The molecule has 0 spiro atoms. The third-order valence-corrected chi connectivity index (χ3v) is 3.67. The zero-order valence-electron chi connectivity index (χ0n) is 16.0. The number of para-hydroxylation sites is 1. The van der Waals surface area contributed by atoms with Crippen LogP contribution < -0.4 is 10.1 Å². The first-order valence-electron chi connectivity index (χ1n) is 8.84. The Bertz CT molecular complexity index is 918. The maximum absolute atomic E-state index is 12.1. The van der Waals surface area contributed by atoms with E-state index < -0.39 is 30.6 Å². The van der Waals surface area contributed by atoms with Gasteiger partial charge in [-0.05, 0) is 50.2 Å². The smallest absolute Gasteiger partial charge is 0.347 e. The number of anilines is 1. The fourth-order valence-corrected chi connectivity index (χ4v) is 2.28. The van der Waals surface area contributed by atoms with Crippen molar-refractivity contribution < 1.29 is 28.6 Å². The van der Waals surface area contributed by atoms with Crippen LogP contribution in [0.5, 0.6) is 5.75 Å². The second-order valence-electron chi connectivity index (χ2n) is 5.82. The number of esters is 2. The molecule has 2 rings (SSSR count). The van der Waals surface area contributed by atoms with E-state index in [2.05, 4.69) is 5.32 Å². The van der Waals surface area contributed by atoms with Crippen LogP contribution in [-0.4, -0.2) is 37.2 Å². The van der Waals surface area contributed by atoms with E-state index in [1.54, 1.807) is 49.4 Å². The van der Waals surface area contributed by atoms with Gasteiger partial charge in [0.1, 0.15) is 5.75 Å². The summed E-state index contributed by atoms with van der Waals surface area (Å²) in [7, 11) is 0. The van der Waals surface area contributed by atoms with Gasteiger partial charge in [-0.1, -0.05) is 12.1 Å². The number of hydrogen-bond donors (Lipinski definition) is 1. The van der Waals surface area contributed by atoms with E-state index in [4.69, 9.17) is 19.5 Å². The average Bonchev–Trinajstić information content (AvgIpc) is 2.73. The van der Waals surface area contributed by atoms with Gasteiger partial charge in [0.2, 0.25) is 0 Å². The Morgan fingerprint density at radius 3 is 2.41 bits per heavy atom. The summed E-state index contributed by atoms with van der Waals surface area (Å²) in [5.74, 6) is -1.52. The summed E-state index contributed by atoms with van der Waals surface area (Å²) in [6.07, 6.45) is -0.956. The fourth-order valence-electron chi connectivity index (χ4n) is 2.28. The highest BCUT2D eigenvalue weighted by molar-refractivity contribution is 6.01. The number of nitrogens with zero attached hydrogens (tertiary/aromatic N) is 1. The summed E-state index contributed by atoms with van der Waals surface area (Å²) in [4.78, 5) is 36.0. The zero-order chi connectivity index (χ0) is 21.2. The first-order chi connectivity index (χ1) is 13.9. The van der Waals surface area contributed by atoms with Crippen LogP contribution in [0.1, 0.15) is 29.8 Å². The lowest BCUT2D eigenvalue weighted by molar-refractivity contribution is -0.153. The van der Waals surface area contributed by atoms with Crippen LogP contribution in [0.3, 0.4) is 0 Å². The van der Waals surface area contributed by atoms with Crippen molar-refractivity contribution in [2.75, 3.05) is 18.5 Å². The van der Waals surface area contributed by atoms with Crippen molar-refractivity contribution in [3.8, 4) is 11.8 Å². The Labute approximate surface area is 168 Å². The van der Waals surface area contributed by atoms with Crippen molar-refractivity contribution in [3.05, 3.63) is 59.7 Å². The van der Waals surface area contributed by atoms with Crippen LogP contribution in [0, 0.1) is 11.3 Å². The van der Waals surface area contributed by atoms with E-state index in [0.29, 0.717) is 11.3 Å². The van der Waals surface area contributed by atoms with E-state index in [1.807, 2.05) is 6.07 Å². The molecule has 150 valence electrons. The largest absolute Gasteiger partial charge is 0.479 e. The van der Waals surface area contributed by atoms with Gasteiger partial charge in [-0.15, -0.1) is 0 Å². The maximum atomic E-state index is 12.1. The van der Waals surface area contributed by atoms with Gasteiger partial charge >= 0.3 is 11.9 Å². The predicted octanol–water partition coefficient (Wildman–Crippen LogP) is 2.68. The van der Waals surface area contributed by atoms with Crippen LogP contribution in [0.2, 0.25) is 0 Å². The minimum absolute atomic E-state index is 0.201. The van der Waals surface area contributed by atoms with Gasteiger partial charge in [-0.25, -0.2) is 9.59 Å². The number of carbonyl (C=O) groups excluding carboxylic acids is 3. The van der Waals surface area contributed by atoms with E-state index in [9.17, 15) is 14.4 Å². The highest BCUT2D eigenvalue weighted by Crippen LogP contribution is 2.17. The Kier molecular flexibility index (Phi) is 7.74. The first-order valence-corrected chi connectivity index (χ1v) is 8.84. The summed E-state index contributed by atoms with van der Waals surface area (Å²) in [5.41, 5.74) is 0.924. The molecule has 2 aromatic carbocycles. The highest BCUT2D eigenvalue weighted by Gasteiger charge is 2.19. The molecule has 0 aromatic heterocycles. The minimum atomic E-state index is -0.956. The predicted molar refractivity (Wildman–Crippen MR) is 103 cm³/mol. The normalized spacial score (nSPS) is 10.9. The van der Waals surface area contributed by atoms with Gasteiger partial charge in [0.25, 0.3) is 5.91 Å². The quantitative estimate of drug-likeness (QED) is 0.682. The number of ether oxygens (including phenoxy) is 3. The van der Waals surface area contributed by atoms with Crippen LogP contribution in [0.4, 0.5) is 5.69 Å². The summed E-state index contributed by atoms with van der Waals surface area (Å²) in [6, 6.07) is 14.6. The SMILES string of the molecule is CCOC(=O)c1ccccc1NC(=O)COC(=O)[C@@H](C)Oc1ccc(C#N)cc1. The van der Waals surface area contributed by atoms with Crippen molar-refractivity contribution in [2.24, 2.45) is 0 Å². The second kappa shape index (κ2) is 10.5. The van der Waals surface area contributed by atoms with Crippen LogP contribution >= 0.6 is 0 Å². The lowest BCUT2D eigenvalue weighted by Gasteiger charge is -2.14. The molecule has 0 saturated carbocycles. The Hall–Kier alpha value is -3.86. The molecular weight excluding hydrogens is 376 g/mol. The Morgan fingerprint density at radius 2 is 1.76 bits per heavy atom. The zero-order valence-corrected chi connectivity index (χ0v) is 16.0. The number of rotatable bonds is 8. The molecule has 0 aliphatic carbocycles. The Morgan fingerprint density at radius 1 is 1.07 bits per heavy atom. The minimum Gasteiger partial charge on any atom is -0.479 e. The van der Waals surface area contributed by atoms with Gasteiger partial charge in [0.05, 0.1) is 29.5 Å². The number of carbonyl (C=O) groups is 3. The topological polar surface area (TPSA) is 115 Å². The van der Waals surface area contributed by atoms with Crippen molar-refractivity contribution >= 4 is 23.5 Å². The summed E-state index contributed by atoms with van der Waals surface area (Å²) in [6.45, 7) is 2.82. The lowest BCUT2D eigenvalue weighted by Crippen LogP contribution is -2.30. The van der Waals surface area contributed by atoms with Gasteiger partial charge in [-0.3, -0.25) is 4.79 Å². The van der Waals surface area contributed by atoms with E-state index in [0.717, 1.165) is 0 Å². The number of nitrogens with one attached hydrogen (secondary N) is 1. The summed E-state index contributed by atoms with van der Waals surface area (Å²) < 4.78 is 15.3. The summed E-state index contributed by atoms with van der Waals surface area (Å²) in [5, 5.41) is 11.3. The molecule has 29 heavy (non-hydrogen) atoms. The highest BCUT2D eigenvalue weighted by atomic mass is 16.6. The molecular formula is C21H20N2O6. The fraction of sp³-hybridized carbons (Fsp3) is 0.238. The van der Waals surface area contributed by atoms with Crippen LogP contribution in [-0.2, 0) is 19.1 Å². The molecule has 8 nitrogen and oxygen atoms in total.